The summed E-state index contributed by atoms with van der Waals surface area (Å²) in [6, 6.07) is 9.92. The zero-order chi connectivity index (χ0) is 33.9. The minimum absolute atomic E-state index is 0.0438. The highest BCUT2D eigenvalue weighted by atomic mass is 35.5. The minimum Gasteiger partial charge on any atom is -0.481 e. The number of carbonyl (C=O) groups is 3. The summed E-state index contributed by atoms with van der Waals surface area (Å²) in [5.74, 6) is -2.39. The average Bonchev–Trinajstić information content (AvgIpc) is 3.83. The topological polar surface area (TPSA) is 118 Å². The molecule has 10 nitrogen and oxygen atoms in total. The molecule has 0 radical (unpaired) electrons. The second-order valence-electron chi connectivity index (χ2n) is 12.9. The molecule has 1 aromatic heterocycles. The Balaban J connectivity index is 1.14. The van der Waals surface area contributed by atoms with Crippen molar-refractivity contribution in [2.24, 2.45) is 5.92 Å². The van der Waals surface area contributed by atoms with Crippen LogP contribution in [0.15, 0.2) is 41.8 Å². The molecular weight excluding hydrogens is 661 g/mol. The molecule has 2 aromatic carbocycles. The Morgan fingerprint density at radius 1 is 1.04 bits per heavy atom. The molecule has 3 aliphatic rings. The minimum atomic E-state index is -0.767. The first kappa shape index (κ1) is 34.7. The first-order valence-electron chi connectivity index (χ1n) is 16.3. The molecule has 2 aliphatic heterocycles. The van der Waals surface area contributed by atoms with Crippen LogP contribution < -0.4 is 5.32 Å². The Labute approximate surface area is 288 Å². The van der Waals surface area contributed by atoms with Crippen LogP contribution in [-0.4, -0.2) is 104 Å². The van der Waals surface area contributed by atoms with Crippen molar-refractivity contribution in [1.82, 2.24) is 9.80 Å². The van der Waals surface area contributed by atoms with Crippen molar-refractivity contribution in [2.75, 3.05) is 45.8 Å². The van der Waals surface area contributed by atoms with Gasteiger partial charge in [-0.15, -0.1) is 11.3 Å². The number of methoxy groups -OCH3 is 2. The number of nitrogens with one attached hydrogen (secondary N) is 1. The van der Waals surface area contributed by atoms with Crippen molar-refractivity contribution >= 4 is 56.5 Å². The summed E-state index contributed by atoms with van der Waals surface area (Å²) < 4.78 is 34.0. The maximum atomic E-state index is 15.5. The number of carboxylic acid groups (broad SMARTS) is 1. The highest BCUT2D eigenvalue weighted by molar-refractivity contribution is 7.17. The lowest BCUT2D eigenvalue weighted by atomic mass is 9.87. The fourth-order valence-electron chi connectivity index (χ4n) is 7.29. The van der Waals surface area contributed by atoms with Crippen LogP contribution in [0.1, 0.15) is 48.0 Å². The molecular formula is C35H41ClFN3O7S. The molecule has 3 aromatic rings. The predicted octanol–water partition coefficient (Wildman–Crippen LogP) is 5.46. The number of hydrogen-bond donors (Lipinski definition) is 2. The molecule has 4 atom stereocenters. The smallest absolute Gasteiger partial charge is 0.306 e. The summed E-state index contributed by atoms with van der Waals surface area (Å²) in [5.41, 5.74) is 0.745. The highest BCUT2D eigenvalue weighted by Crippen LogP contribution is 2.33. The number of carboxylic acids is 1. The predicted molar refractivity (Wildman–Crippen MR) is 181 cm³/mol. The maximum absolute atomic E-state index is 15.5. The van der Waals surface area contributed by atoms with E-state index in [-0.39, 0.29) is 64.9 Å². The van der Waals surface area contributed by atoms with E-state index in [9.17, 15) is 19.5 Å². The number of amides is 2. The number of benzene rings is 2. The third-order valence-corrected chi connectivity index (χ3v) is 11.4. The van der Waals surface area contributed by atoms with Gasteiger partial charge in [0.15, 0.2) is 0 Å². The molecule has 48 heavy (non-hydrogen) atoms. The molecule has 2 saturated heterocycles. The largest absolute Gasteiger partial charge is 0.481 e. The first-order valence-corrected chi connectivity index (χ1v) is 17.6. The lowest BCUT2D eigenvalue weighted by molar-refractivity contribution is -0.144. The summed E-state index contributed by atoms with van der Waals surface area (Å²) >= 11 is 7.98. The third-order valence-electron chi connectivity index (χ3n) is 10.1. The average molecular weight is 702 g/mol. The molecule has 0 spiro atoms. The Hall–Kier alpha value is -3.13. The van der Waals surface area contributed by atoms with Crippen LogP contribution in [0.5, 0.6) is 0 Å². The van der Waals surface area contributed by atoms with E-state index in [1.165, 1.54) is 17.4 Å². The molecule has 1 unspecified atom stereocenters. The number of aliphatic carboxylic acids is 1. The number of halogens is 2. The monoisotopic (exact) mass is 701 g/mol. The SMILES string of the molecule is COC1CN([C@H]2C[C@@H](CO[C@H]3CC[C@H](C(=O)O)CC3)N(C(=O)Cc3cc(Cl)c(NC(=O)c4csc5ccccc45)cc3F)C2)C[C@@H]1OC. The first-order chi connectivity index (χ1) is 23.1. The van der Waals surface area contributed by atoms with Gasteiger partial charge in [-0.2, -0.15) is 0 Å². The van der Waals surface area contributed by atoms with Gasteiger partial charge in [-0.1, -0.05) is 29.8 Å². The van der Waals surface area contributed by atoms with Crippen molar-refractivity contribution < 1.29 is 38.1 Å². The number of anilines is 1. The molecule has 3 fully saturated rings. The lowest BCUT2D eigenvalue weighted by Crippen LogP contribution is -2.41. The van der Waals surface area contributed by atoms with Gasteiger partial charge in [0.25, 0.3) is 5.91 Å². The second kappa shape index (κ2) is 15.2. The summed E-state index contributed by atoms with van der Waals surface area (Å²) in [6.07, 6.45) is 2.71. The van der Waals surface area contributed by atoms with E-state index in [0.29, 0.717) is 63.9 Å². The van der Waals surface area contributed by atoms with Crippen LogP contribution in [0.4, 0.5) is 10.1 Å². The molecule has 13 heteroatoms. The van der Waals surface area contributed by atoms with Gasteiger partial charge in [0.2, 0.25) is 5.91 Å². The number of ether oxygens (including phenoxy) is 3. The van der Waals surface area contributed by atoms with Crippen LogP contribution >= 0.6 is 22.9 Å². The van der Waals surface area contributed by atoms with Crippen molar-refractivity contribution in [3.63, 3.8) is 0 Å². The zero-order valence-corrected chi connectivity index (χ0v) is 28.6. The summed E-state index contributed by atoms with van der Waals surface area (Å²) in [4.78, 5) is 42.4. The molecule has 1 aliphatic carbocycles. The molecule has 6 rings (SSSR count). The van der Waals surface area contributed by atoms with Crippen molar-refractivity contribution in [3.05, 3.63) is 63.7 Å². The van der Waals surface area contributed by atoms with Gasteiger partial charge in [-0.25, -0.2) is 4.39 Å². The quantitative estimate of drug-likeness (QED) is 0.271. The maximum Gasteiger partial charge on any atom is 0.306 e. The van der Waals surface area contributed by atoms with Crippen molar-refractivity contribution in [1.29, 1.82) is 0 Å². The number of nitrogens with zero attached hydrogens (tertiary/aromatic N) is 2. The summed E-state index contributed by atoms with van der Waals surface area (Å²) in [7, 11) is 3.34. The van der Waals surface area contributed by atoms with Crippen LogP contribution in [-0.2, 0) is 30.2 Å². The Morgan fingerprint density at radius 2 is 1.75 bits per heavy atom. The van der Waals surface area contributed by atoms with E-state index in [1.807, 2.05) is 24.3 Å². The molecule has 0 bridgehead atoms. The number of fused-ring (bicyclic) bond motifs is 1. The van der Waals surface area contributed by atoms with Gasteiger partial charge in [-0.3, -0.25) is 19.3 Å². The number of thiophene rings is 1. The van der Waals surface area contributed by atoms with Crippen LogP contribution in [0, 0.1) is 11.7 Å². The zero-order valence-electron chi connectivity index (χ0n) is 27.0. The van der Waals surface area contributed by atoms with Crippen LogP contribution in [0.3, 0.4) is 0 Å². The van der Waals surface area contributed by atoms with E-state index in [1.54, 1.807) is 24.5 Å². The van der Waals surface area contributed by atoms with Gasteiger partial charge >= 0.3 is 5.97 Å². The van der Waals surface area contributed by atoms with E-state index >= 15 is 4.39 Å². The summed E-state index contributed by atoms with van der Waals surface area (Å²) in [5, 5.41) is 14.8. The Morgan fingerprint density at radius 3 is 2.44 bits per heavy atom. The van der Waals surface area contributed by atoms with Crippen LogP contribution in [0.25, 0.3) is 10.1 Å². The van der Waals surface area contributed by atoms with E-state index in [2.05, 4.69) is 10.2 Å². The van der Waals surface area contributed by atoms with E-state index < -0.39 is 17.7 Å². The fraction of sp³-hybridized carbons (Fsp3) is 0.514. The normalized spacial score (nSPS) is 26.3. The van der Waals surface area contributed by atoms with Gasteiger partial charge < -0.3 is 29.5 Å². The number of likely N-dealkylation sites (tertiary alicyclic amines) is 2. The van der Waals surface area contributed by atoms with E-state index in [0.717, 1.165) is 16.2 Å². The number of carbonyl (C=O) groups excluding carboxylic acids is 2. The number of hydrogen-bond acceptors (Lipinski definition) is 8. The fourth-order valence-corrected chi connectivity index (χ4v) is 8.47. The molecule has 2 N–H and O–H groups in total. The summed E-state index contributed by atoms with van der Waals surface area (Å²) in [6.45, 7) is 2.11. The van der Waals surface area contributed by atoms with Crippen molar-refractivity contribution in [2.45, 2.75) is 68.9 Å². The molecule has 3 heterocycles. The molecule has 258 valence electrons. The van der Waals surface area contributed by atoms with Gasteiger partial charge in [-0.05, 0) is 55.9 Å². The highest BCUT2D eigenvalue weighted by Gasteiger charge is 2.43. The van der Waals surface area contributed by atoms with Crippen LogP contribution in [0.2, 0.25) is 5.02 Å². The van der Waals surface area contributed by atoms with E-state index in [4.69, 9.17) is 25.8 Å². The third kappa shape index (κ3) is 7.54. The van der Waals surface area contributed by atoms with Gasteiger partial charge in [0.05, 0.1) is 59.6 Å². The Kier molecular flexibility index (Phi) is 11.0. The second-order valence-corrected chi connectivity index (χ2v) is 14.3. The van der Waals surface area contributed by atoms with Crippen molar-refractivity contribution in [3.8, 4) is 0 Å². The standard InChI is InChI=1S/C35H41ClFN3O7S/c1-45-30-16-39(17-31(30)46-2)22-13-23(18-47-24-9-7-20(8-10-24)35(43)44)40(15-22)33(41)12-21-11-27(36)29(14-28(21)37)38-34(42)26-19-48-32-6-4-3-5-25(26)32/h3-6,11,14,19-20,22-24,30-31H,7-10,12-13,15-18H2,1-2H3,(H,38,42)(H,43,44)/t20-,22-,23-,24-,30-,31?/m0/s1. The molecule has 1 saturated carbocycles. The van der Waals surface area contributed by atoms with Gasteiger partial charge in [0.1, 0.15) is 5.82 Å². The lowest BCUT2D eigenvalue weighted by Gasteiger charge is -2.30. The Bertz CT molecular complexity index is 1640. The van der Waals surface area contributed by atoms with Gasteiger partial charge in [0, 0.05) is 55.4 Å². The molecule has 2 amide bonds. The number of rotatable bonds is 11.